The van der Waals surface area contributed by atoms with Crippen molar-refractivity contribution in [3.8, 4) is 17.2 Å². The molecule has 0 unspecified atom stereocenters. The highest BCUT2D eigenvalue weighted by Crippen LogP contribution is 2.30. The average molecular weight is 515 g/mol. The summed E-state index contributed by atoms with van der Waals surface area (Å²) in [6.07, 6.45) is 1.29. The molecule has 8 nitrogen and oxygen atoms in total. The Labute approximate surface area is 178 Å². The quantitative estimate of drug-likeness (QED) is 0.389. The summed E-state index contributed by atoms with van der Waals surface area (Å²) in [7, 11) is 2.96. The van der Waals surface area contributed by atoms with Gasteiger partial charge in [-0.15, -0.1) is 0 Å². The normalized spacial score (nSPS) is 10.6. The molecular formula is C18H17Br2N3O5. The number of halogens is 2. The van der Waals surface area contributed by atoms with E-state index in [0.717, 1.165) is 4.47 Å². The average Bonchev–Trinajstić information content (AvgIpc) is 2.69. The van der Waals surface area contributed by atoms with E-state index in [1.165, 1.54) is 26.5 Å². The number of rotatable bonds is 7. The third-order valence-electron chi connectivity index (χ3n) is 3.51. The lowest BCUT2D eigenvalue weighted by atomic mass is 10.2. The van der Waals surface area contributed by atoms with Crippen LogP contribution >= 0.6 is 31.9 Å². The summed E-state index contributed by atoms with van der Waals surface area (Å²) in [6, 6.07) is 7.98. The van der Waals surface area contributed by atoms with Gasteiger partial charge >= 0.3 is 0 Å². The molecule has 0 spiro atoms. The highest BCUT2D eigenvalue weighted by Gasteiger charge is 2.12. The molecule has 0 heterocycles. The van der Waals surface area contributed by atoms with Crippen molar-refractivity contribution in [1.82, 2.24) is 10.7 Å². The van der Waals surface area contributed by atoms with Gasteiger partial charge in [-0.05, 0) is 46.3 Å². The van der Waals surface area contributed by atoms with Gasteiger partial charge in [-0.3, -0.25) is 9.59 Å². The maximum atomic E-state index is 12.2. The third-order valence-corrected chi connectivity index (χ3v) is 4.57. The number of nitrogens with zero attached hydrogens (tertiary/aromatic N) is 1. The van der Waals surface area contributed by atoms with E-state index < -0.39 is 11.8 Å². The molecule has 28 heavy (non-hydrogen) atoms. The summed E-state index contributed by atoms with van der Waals surface area (Å²) >= 11 is 6.50. The number of aromatic hydroxyl groups is 1. The molecule has 0 saturated carbocycles. The number of phenols is 1. The van der Waals surface area contributed by atoms with Gasteiger partial charge in [0.25, 0.3) is 11.8 Å². The van der Waals surface area contributed by atoms with Gasteiger partial charge in [0.1, 0.15) is 5.75 Å². The van der Waals surface area contributed by atoms with E-state index in [1.807, 2.05) is 0 Å². The van der Waals surface area contributed by atoms with Crippen LogP contribution in [0.5, 0.6) is 17.2 Å². The number of hydrogen-bond donors (Lipinski definition) is 3. The van der Waals surface area contributed by atoms with Crippen molar-refractivity contribution in [2.75, 3.05) is 20.8 Å². The van der Waals surface area contributed by atoms with Gasteiger partial charge in [0, 0.05) is 15.6 Å². The van der Waals surface area contributed by atoms with Crippen molar-refractivity contribution in [3.05, 3.63) is 50.4 Å². The summed E-state index contributed by atoms with van der Waals surface area (Å²) in [4.78, 5) is 24.0. The van der Waals surface area contributed by atoms with Gasteiger partial charge in [-0.2, -0.15) is 5.10 Å². The van der Waals surface area contributed by atoms with Crippen LogP contribution in [0.1, 0.15) is 15.9 Å². The third kappa shape index (κ3) is 5.70. The molecule has 0 atom stereocenters. The molecule has 2 aromatic rings. The molecule has 2 aromatic carbocycles. The first-order valence-electron chi connectivity index (χ1n) is 7.85. The van der Waals surface area contributed by atoms with Crippen LogP contribution in [-0.2, 0) is 4.79 Å². The van der Waals surface area contributed by atoms with Gasteiger partial charge in [0.2, 0.25) is 0 Å². The molecule has 148 valence electrons. The first-order chi connectivity index (χ1) is 13.3. The fourth-order valence-corrected chi connectivity index (χ4v) is 3.40. The van der Waals surface area contributed by atoms with Crippen LogP contribution in [0.3, 0.4) is 0 Å². The molecule has 0 aliphatic rings. The Morgan fingerprint density at radius 1 is 1.14 bits per heavy atom. The number of hydrazone groups is 1. The zero-order chi connectivity index (χ0) is 20.7. The molecule has 3 N–H and O–H groups in total. The predicted molar refractivity (Wildman–Crippen MR) is 111 cm³/mol. The molecule has 2 amide bonds. The van der Waals surface area contributed by atoms with Crippen LogP contribution in [0.25, 0.3) is 0 Å². The molecule has 0 saturated heterocycles. The topological polar surface area (TPSA) is 109 Å². The van der Waals surface area contributed by atoms with Crippen LogP contribution in [0, 0.1) is 0 Å². The minimum absolute atomic E-state index is 0.0112. The molecule has 0 bridgehead atoms. The second-order valence-corrected chi connectivity index (χ2v) is 7.14. The lowest BCUT2D eigenvalue weighted by Crippen LogP contribution is -2.34. The molecular weight excluding hydrogens is 498 g/mol. The van der Waals surface area contributed by atoms with E-state index in [-0.39, 0.29) is 12.3 Å². The summed E-state index contributed by atoms with van der Waals surface area (Å²) in [5, 5.41) is 16.2. The Bertz CT molecular complexity index is 918. The zero-order valence-electron chi connectivity index (χ0n) is 15.0. The first-order valence-corrected chi connectivity index (χ1v) is 9.44. The second-order valence-electron chi connectivity index (χ2n) is 5.37. The van der Waals surface area contributed by atoms with Crippen LogP contribution in [0.15, 0.2) is 44.4 Å². The van der Waals surface area contributed by atoms with Gasteiger partial charge in [0.05, 0.1) is 31.5 Å². The Hall–Kier alpha value is -2.59. The molecule has 10 heteroatoms. The maximum Gasteiger partial charge on any atom is 0.259 e. The number of phenolic OH excluding ortho intramolecular Hbond substituents is 1. The predicted octanol–water partition coefficient (Wildman–Crippen LogP) is 2.81. The van der Waals surface area contributed by atoms with Crippen molar-refractivity contribution in [3.63, 3.8) is 0 Å². The number of carbonyl (C=O) groups is 2. The fourth-order valence-electron chi connectivity index (χ4n) is 2.14. The van der Waals surface area contributed by atoms with Crippen molar-refractivity contribution in [2.45, 2.75) is 0 Å². The van der Waals surface area contributed by atoms with Gasteiger partial charge in [-0.25, -0.2) is 5.43 Å². The van der Waals surface area contributed by atoms with Crippen LogP contribution in [-0.4, -0.2) is 43.9 Å². The number of ether oxygens (including phenoxy) is 2. The molecule has 0 fully saturated rings. The summed E-state index contributed by atoms with van der Waals surface area (Å²) in [5.74, 6) is -0.0898. The molecule has 0 aliphatic carbocycles. The number of amides is 2. The Kier molecular flexibility index (Phi) is 7.82. The van der Waals surface area contributed by atoms with E-state index in [1.54, 1.807) is 24.3 Å². The minimum atomic E-state index is -0.529. The minimum Gasteiger partial charge on any atom is -0.506 e. The fraction of sp³-hybridized carbons (Fsp3) is 0.167. The molecule has 0 aromatic heterocycles. The number of benzene rings is 2. The van der Waals surface area contributed by atoms with Crippen molar-refractivity contribution in [2.24, 2.45) is 5.10 Å². The SMILES string of the molecule is COc1ccc(C(=O)NCC(=O)N/N=C/c2cc(Br)cc(Br)c2O)cc1OC. The van der Waals surface area contributed by atoms with E-state index in [9.17, 15) is 14.7 Å². The van der Waals surface area contributed by atoms with E-state index in [4.69, 9.17) is 9.47 Å². The maximum absolute atomic E-state index is 12.2. The van der Waals surface area contributed by atoms with Crippen LogP contribution in [0.4, 0.5) is 0 Å². The zero-order valence-corrected chi connectivity index (χ0v) is 18.1. The van der Waals surface area contributed by atoms with Gasteiger partial charge in [-0.1, -0.05) is 15.9 Å². The summed E-state index contributed by atoms with van der Waals surface area (Å²) < 4.78 is 11.5. The number of carbonyl (C=O) groups excluding carboxylic acids is 2. The largest absolute Gasteiger partial charge is 0.506 e. The highest BCUT2D eigenvalue weighted by molar-refractivity contribution is 9.11. The number of methoxy groups -OCH3 is 2. The lowest BCUT2D eigenvalue weighted by molar-refractivity contribution is -0.120. The molecule has 2 rings (SSSR count). The van der Waals surface area contributed by atoms with Crippen molar-refractivity contribution in [1.29, 1.82) is 0 Å². The van der Waals surface area contributed by atoms with Crippen molar-refractivity contribution < 1.29 is 24.2 Å². The first kappa shape index (κ1) is 21.7. The summed E-state index contributed by atoms with van der Waals surface area (Å²) in [5.41, 5.74) is 2.99. The monoisotopic (exact) mass is 513 g/mol. The van der Waals surface area contributed by atoms with Crippen LogP contribution in [0.2, 0.25) is 0 Å². The Balaban J connectivity index is 1.91. The Morgan fingerprint density at radius 3 is 2.54 bits per heavy atom. The standard InChI is InChI=1S/C18H17Br2N3O5/c1-27-14-4-3-10(6-15(14)28-2)18(26)21-9-16(24)23-22-8-11-5-12(19)7-13(20)17(11)25/h3-8,25H,9H2,1-2H3,(H,21,26)(H,23,24)/b22-8+. The highest BCUT2D eigenvalue weighted by atomic mass is 79.9. The number of hydrogen-bond acceptors (Lipinski definition) is 6. The molecule has 0 radical (unpaired) electrons. The van der Waals surface area contributed by atoms with Crippen molar-refractivity contribution >= 4 is 49.9 Å². The smallest absolute Gasteiger partial charge is 0.259 e. The second kappa shape index (κ2) is 10.1. The van der Waals surface area contributed by atoms with E-state index in [0.29, 0.717) is 27.1 Å². The van der Waals surface area contributed by atoms with Gasteiger partial charge < -0.3 is 19.9 Å². The lowest BCUT2D eigenvalue weighted by Gasteiger charge is -2.09. The number of nitrogens with one attached hydrogen (secondary N) is 2. The van der Waals surface area contributed by atoms with Crippen LogP contribution < -0.4 is 20.2 Å². The summed E-state index contributed by atoms with van der Waals surface area (Å²) in [6.45, 7) is -0.279. The Morgan fingerprint density at radius 2 is 1.86 bits per heavy atom. The molecule has 0 aliphatic heterocycles. The van der Waals surface area contributed by atoms with E-state index in [2.05, 4.69) is 47.7 Å². The van der Waals surface area contributed by atoms with Gasteiger partial charge in [0.15, 0.2) is 11.5 Å². The van der Waals surface area contributed by atoms with E-state index >= 15 is 0 Å².